The summed E-state index contributed by atoms with van der Waals surface area (Å²) in [6.45, 7) is 2.30. The minimum absolute atomic E-state index is 0.0399. The molecule has 2 aromatic heterocycles. The Bertz CT molecular complexity index is 688. The van der Waals surface area contributed by atoms with Crippen LogP contribution in [0.15, 0.2) is 16.8 Å². The van der Waals surface area contributed by atoms with E-state index in [9.17, 15) is 13.2 Å². The molecular formula is C13H12ClF3N4O. The third-order valence-electron chi connectivity index (χ3n) is 3.52. The monoisotopic (exact) mass is 332 g/mol. The van der Waals surface area contributed by atoms with Crippen molar-refractivity contribution in [2.24, 2.45) is 0 Å². The number of alkyl halides is 3. The van der Waals surface area contributed by atoms with Gasteiger partial charge in [0.15, 0.2) is 5.82 Å². The molecule has 5 nitrogen and oxygen atoms in total. The lowest BCUT2D eigenvalue weighted by atomic mass is 10.2. The van der Waals surface area contributed by atoms with Crippen molar-refractivity contribution in [3.05, 3.63) is 34.6 Å². The summed E-state index contributed by atoms with van der Waals surface area (Å²) in [4.78, 5) is 9.89. The summed E-state index contributed by atoms with van der Waals surface area (Å²) in [5.41, 5.74) is -0.868. The third kappa shape index (κ3) is 2.75. The van der Waals surface area contributed by atoms with Crippen LogP contribution < -0.4 is 4.90 Å². The summed E-state index contributed by atoms with van der Waals surface area (Å²) in [6.07, 6.45) is -2.07. The lowest BCUT2D eigenvalue weighted by molar-refractivity contribution is -0.137. The molecular weight excluding hydrogens is 321 g/mol. The van der Waals surface area contributed by atoms with Crippen LogP contribution in [0.5, 0.6) is 0 Å². The maximum atomic E-state index is 12.7. The highest BCUT2D eigenvalue weighted by atomic mass is 35.5. The Labute approximate surface area is 129 Å². The van der Waals surface area contributed by atoms with Crippen molar-refractivity contribution in [1.82, 2.24) is 15.1 Å². The predicted molar refractivity (Wildman–Crippen MR) is 72.6 cm³/mol. The largest absolute Gasteiger partial charge is 0.417 e. The fourth-order valence-corrected chi connectivity index (χ4v) is 2.81. The minimum atomic E-state index is -4.47. The van der Waals surface area contributed by atoms with Gasteiger partial charge in [-0.05, 0) is 18.9 Å². The molecule has 9 heteroatoms. The van der Waals surface area contributed by atoms with Gasteiger partial charge in [0, 0.05) is 19.7 Å². The Morgan fingerprint density at radius 1 is 1.41 bits per heavy atom. The number of rotatable bonds is 2. The first kappa shape index (κ1) is 15.1. The first-order chi connectivity index (χ1) is 10.4. The molecule has 2 aromatic rings. The molecule has 1 atom stereocenters. The highest BCUT2D eigenvalue weighted by Gasteiger charge is 2.35. The lowest BCUT2D eigenvalue weighted by Gasteiger charge is -2.24. The van der Waals surface area contributed by atoms with Crippen molar-refractivity contribution in [1.29, 1.82) is 0 Å². The van der Waals surface area contributed by atoms with Gasteiger partial charge in [0.1, 0.15) is 5.82 Å². The maximum absolute atomic E-state index is 12.7. The van der Waals surface area contributed by atoms with Crippen molar-refractivity contribution in [2.45, 2.75) is 32.0 Å². The van der Waals surface area contributed by atoms with Gasteiger partial charge in [-0.3, -0.25) is 0 Å². The number of nitrogens with zero attached hydrogens (tertiary/aromatic N) is 4. The molecule has 0 amide bonds. The quantitative estimate of drug-likeness (QED) is 0.837. The van der Waals surface area contributed by atoms with Gasteiger partial charge in [0.25, 0.3) is 0 Å². The van der Waals surface area contributed by atoms with Crippen LogP contribution >= 0.6 is 11.6 Å². The predicted octanol–water partition coefficient (Wildman–Crippen LogP) is 3.79. The number of aromatic nitrogens is 3. The van der Waals surface area contributed by atoms with E-state index in [1.54, 1.807) is 6.92 Å². The maximum Gasteiger partial charge on any atom is 0.417 e. The molecule has 3 heterocycles. The van der Waals surface area contributed by atoms with Crippen molar-refractivity contribution in [2.75, 3.05) is 11.4 Å². The van der Waals surface area contributed by atoms with Crippen molar-refractivity contribution in [3.8, 4) is 0 Å². The van der Waals surface area contributed by atoms with E-state index >= 15 is 0 Å². The van der Waals surface area contributed by atoms with E-state index in [2.05, 4.69) is 15.1 Å². The molecule has 1 saturated heterocycles. The van der Waals surface area contributed by atoms with Crippen LogP contribution in [-0.4, -0.2) is 21.7 Å². The van der Waals surface area contributed by atoms with Crippen LogP contribution in [0.4, 0.5) is 19.0 Å². The second-order valence-electron chi connectivity index (χ2n) is 5.05. The summed E-state index contributed by atoms with van der Waals surface area (Å²) in [5.74, 6) is 1.24. The average molecular weight is 333 g/mol. The Hall–Kier alpha value is -1.83. The number of hydrogen-bond acceptors (Lipinski definition) is 5. The van der Waals surface area contributed by atoms with E-state index in [4.69, 9.17) is 16.1 Å². The summed E-state index contributed by atoms with van der Waals surface area (Å²) in [7, 11) is 0. The van der Waals surface area contributed by atoms with Crippen molar-refractivity contribution in [3.63, 3.8) is 0 Å². The minimum Gasteiger partial charge on any atom is -0.345 e. The molecule has 118 valence electrons. The van der Waals surface area contributed by atoms with E-state index in [0.717, 1.165) is 25.1 Å². The molecule has 1 fully saturated rings. The number of aryl methyl sites for hydroxylation is 1. The van der Waals surface area contributed by atoms with Gasteiger partial charge in [-0.2, -0.15) is 18.2 Å². The van der Waals surface area contributed by atoms with E-state index in [0.29, 0.717) is 24.1 Å². The standard InChI is InChI=1S/C13H12ClF3N4O/c1-7-19-11(20-22-7)10-3-2-4-21(10)12-9(14)5-8(6-18-12)13(15,16)17/h5-6,10H,2-4H2,1H3/t10-/m0/s1. The van der Waals surface area contributed by atoms with Gasteiger partial charge in [0.2, 0.25) is 5.89 Å². The molecule has 1 aliphatic heterocycles. The molecule has 0 bridgehead atoms. The van der Waals surface area contributed by atoms with E-state index < -0.39 is 11.7 Å². The molecule has 0 aliphatic carbocycles. The Balaban J connectivity index is 1.93. The van der Waals surface area contributed by atoms with Gasteiger partial charge in [-0.25, -0.2) is 4.98 Å². The van der Waals surface area contributed by atoms with Crippen LogP contribution in [0.3, 0.4) is 0 Å². The number of halogens is 4. The summed E-state index contributed by atoms with van der Waals surface area (Å²) in [5, 5.41) is 3.84. The first-order valence-electron chi connectivity index (χ1n) is 6.66. The Kier molecular flexibility index (Phi) is 3.72. The van der Waals surface area contributed by atoms with Gasteiger partial charge < -0.3 is 9.42 Å². The second kappa shape index (κ2) is 5.42. The molecule has 0 saturated carbocycles. The van der Waals surface area contributed by atoms with Crippen LogP contribution in [0, 0.1) is 6.92 Å². The molecule has 22 heavy (non-hydrogen) atoms. The highest BCUT2D eigenvalue weighted by molar-refractivity contribution is 6.33. The number of pyridine rings is 1. The summed E-state index contributed by atoms with van der Waals surface area (Å²) < 4.78 is 43.0. The average Bonchev–Trinajstić information content (AvgIpc) is 3.06. The number of anilines is 1. The van der Waals surface area contributed by atoms with E-state index in [1.165, 1.54) is 0 Å². The fraction of sp³-hybridized carbons (Fsp3) is 0.462. The molecule has 0 aromatic carbocycles. The third-order valence-corrected chi connectivity index (χ3v) is 3.79. The summed E-state index contributed by atoms with van der Waals surface area (Å²) in [6, 6.07) is 0.694. The Morgan fingerprint density at radius 3 is 2.77 bits per heavy atom. The van der Waals surface area contributed by atoms with Gasteiger partial charge in [0.05, 0.1) is 16.6 Å². The smallest absolute Gasteiger partial charge is 0.345 e. The molecule has 0 unspecified atom stereocenters. The summed E-state index contributed by atoms with van der Waals surface area (Å²) >= 11 is 6.01. The van der Waals surface area contributed by atoms with Gasteiger partial charge in [-0.1, -0.05) is 16.8 Å². The fourth-order valence-electron chi connectivity index (χ4n) is 2.54. The van der Waals surface area contributed by atoms with Crippen molar-refractivity contribution < 1.29 is 17.7 Å². The molecule has 0 radical (unpaired) electrons. The Morgan fingerprint density at radius 2 is 2.18 bits per heavy atom. The first-order valence-corrected chi connectivity index (χ1v) is 7.03. The second-order valence-corrected chi connectivity index (χ2v) is 5.46. The van der Waals surface area contributed by atoms with E-state index in [-0.39, 0.29) is 11.1 Å². The van der Waals surface area contributed by atoms with Crippen LogP contribution in [0.2, 0.25) is 5.02 Å². The van der Waals surface area contributed by atoms with Crippen LogP contribution in [0.25, 0.3) is 0 Å². The SMILES string of the molecule is Cc1nc([C@@H]2CCCN2c2ncc(C(F)(F)F)cc2Cl)no1. The highest BCUT2D eigenvalue weighted by Crippen LogP contribution is 2.39. The lowest BCUT2D eigenvalue weighted by Crippen LogP contribution is -2.25. The topological polar surface area (TPSA) is 55.1 Å². The van der Waals surface area contributed by atoms with Crippen LogP contribution in [-0.2, 0) is 6.18 Å². The van der Waals surface area contributed by atoms with E-state index in [1.807, 2.05) is 4.90 Å². The van der Waals surface area contributed by atoms with Crippen molar-refractivity contribution >= 4 is 17.4 Å². The molecule has 3 rings (SSSR count). The number of hydrogen-bond donors (Lipinski definition) is 0. The van der Waals surface area contributed by atoms with Gasteiger partial charge >= 0.3 is 6.18 Å². The van der Waals surface area contributed by atoms with Crippen LogP contribution in [0.1, 0.15) is 36.2 Å². The van der Waals surface area contributed by atoms with Gasteiger partial charge in [-0.15, -0.1) is 0 Å². The zero-order chi connectivity index (χ0) is 15.9. The zero-order valence-corrected chi connectivity index (χ0v) is 12.3. The molecule has 0 spiro atoms. The zero-order valence-electron chi connectivity index (χ0n) is 11.6. The normalized spacial score (nSPS) is 19.0. The molecule has 0 N–H and O–H groups in total. The molecule has 1 aliphatic rings.